The molecule has 0 bridgehead atoms. The zero-order valence-corrected chi connectivity index (χ0v) is 13.2. The molecule has 22 heavy (non-hydrogen) atoms. The van der Waals surface area contributed by atoms with Gasteiger partial charge in [-0.15, -0.1) is 0 Å². The number of nitrogens with zero attached hydrogens (tertiary/aromatic N) is 1. The first-order valence-electron chi connectivity index (χ1n) is 8.07. The first-order valence-corrected chi connectivity index (χ1v) is 8.07. The summed E-state index contributed by atoms with van der Waals surface area (Å²) >= 11 is 0. The molecule has 0 aromatic heterocycles. The Bertz CT molecular complexity index is 516. The van der Waals surface area contributed by atoms with Gasteiger partial charge in [0.25, 0.3) is 0 Å². The number of amides is 1. The van der Waals surface area contributed by atoms with Crippen LogP contribution in [0.3, 0.4) is 0 Å². The molecule has 3 nitrogen and oxygen atoms in total. The van der Waals surface area contributed by atoms with E-state index in [1.807, 2.05) is 0 Å². The summed E-state index contributed by atoms with van der Waals surface area (Å²) in [5.74, 6) is 0.368. The molecular weight excluding hydrogens is 279 g/mol. The molecule has 1 fully saturated rings. The molecule has 0 radical (unpaired) electrons. The van der Waals surface area contributed by atoms with Gasteiger partial charge in [0.05, 0.1) is 0 Å². The smallest absolute Gasteiger partial charge is 0.243 e. The largest absolute Gasteiger partial charge is 0.353 e. The molecule has 120 valence electrons. The number of hydrogen-bond donors (Lipinski definition) is 1. The third-order valence-corrected chi connectivity index (χ3v) is 3.97. The predicted molar refractivity (Wildman–Crippen MR) is 87.9 cm³/mol. The highest BCUT2D eigenvalue weighted by Gasteiger charge is 2.15. The average Bonchev–Trinajstić information content (AvgIpc) is 2.50. The van der Waals surface area contributed by atoms with Crippen molar-refractivity contribution >= 4 is 12.0 Å². The van der Waals surface area contributed by atoms with E-state index in [2.05, 4.69) is 17.1 Å². The van der Waals surface area contributed by atoms with Crippen LogP contribution in [-0.2, 0) is 4.79 Å². The fourth-order valence-electron chi connectivity index (χ4n) is 2.85. The summed E-state index contributed by atoms with van der Waals surface area (Å²) < 4.78 is 13.0. The maximum absolute atomic E-state index is 13.0. The Morgan fingerprint density at radius 2 is 2.36 bits per heavy atom. The number of piperidine rings is 1. The van der Waals surface area contributed by atoms with Gasteiger partial charge in [0, 0.05) is 19.2 Å². The summed E-state index contributed by atoms with van der Waals surface area (Å²) in [6, 6.07) is 6.19. The molecule has 2 rings (SSSR count). The topological polar surface area (TPSA) is 32.3 Å². The predicted octanol–water partition coefficient (Wildman–Crippen LogP) is 3.08. The van der Waals surface area contributed by atoms with Gasteiger partial charge in [-0.1, -0.05) is 19.1 Å². The van der Waals surface area contributed by atoms with Crippen molar-refractivity contribution in [3.05, 3.63) is 41.7 Å². The van der Waals surface area contributed by atoms with Crippen molar-refractivity contribution in [3.63, 3.8) is 0 Å². The summed E-state index contributed by atoms with van der Waals surface area (Å²) in [6.07, 6.45) is 6.66. The molecule has 1 saturated heterocycles. The summed E-state index contributed by atoms with van der Waals surface area (Å²) in [7, 11) is 0. The van der Waals surface area contributed by atoms with E-state index in [0.29, 0.717) is 12.1 Å². The van der Waals surface area contributed by atoms with Crippen LogP contribution in [0.25, 0.3) is 6.08 Å². The fourth-order valence-corrected chi connectivity index (χ4v) is 2.85. The Balaban J connectivity index is 1.63. The van der Waals surface area contributed by atoms with Gasteiger partial charge in [-0.3, -0.25) is 4.79 Å². The second-order valence-corrected chi connectivity index (χ2v) is 6.08. The summed E-state index contributed by atoms with van der Waals surface area (Å²) in [5, 5.41) is 2.87. The second kappa shape index (κ2) is 8.69. The lowest BCUT2D eigenvalue weighted by Gasteiger charge is -2.30. The van der Waals surface area contributed by atoms with E-state index in [0.717, 1.165) is 18.9 Å². The molecule has 0 unspecified atom stereocenters. The highest BCUT2D eigenvalue weighted by atomic mass is 19.1. The van der Waals surface area contributed by atoms with Crippen molar-refractivity contribution in [2.75, 3.05) is 26.2 Å². The highest BCUT2D eigenvalue weighted by Crippen LogP contribution is 2.15. The number of hydrogen-bond acceptors (Lipinski definition) is 2. The van der Waals surface area contributed by atoms with Crippen LogP contribution in [0.4, 0.5) is 4.39 Å². The normalized spacial score (nSPS) is 19.5. The van der Waals surface area contributed by atoms with Crippen LogP contribution in [0.5, 0.6) is 0 Å². The van der Waals surface area contributed by atoms with Gasteiger partial charge in [0.15, 0.2) is 0 Å². The molecule has 4 heteroatoms. The molecule has 1 aromatic carbocycles. The molecule has 0 aliphatic carbocycles. The lowest BCUT2D eigenvalue weighted by Crippen LogP contribution is -2.36. The third-order valence-electron chi connectivity index (χ3n) is 3.97. The Kier molecular flexibility index (Phi) is 6.59. The van der Waals surface area contributed by atoms with Gasteiger partial charge in [-0.2, -0.15) is 0 Å². The van der Waals surface area contributed by atoms with E-state index in [4.69, 9.17) is 0 Å². The van der Waals surface area contributed by atoms with Gasteiger partial charge in [0.2, 0.25) is 5.91 Å². The molecule has 1 aromatic rings. The zero-order valence-electron chi connectivity index (χ0n) is 13.2. The van der Waals surface area contributed by atoms with Gasteiger partial charge in [-0.25, -0.2) is 4.39 Å². The molecule has 1 heterocycles. The highest BCUT2D eigenvalue weighted by molar-refractivity contribution is 5.91. The van der Waals surface area contributed by atoms with Crippen molar-refractivity contribution in [2.45, 2.75) is 26.2 Å². The van der Waals surface area contributed by atoms with E-state index in [-0.39, 0.29) is 11.7 Å². The van der Waals surface area contributed by atoms with Crippen LogP contribution in [-0.4, -0.2) is 37.0 Å². The van der Waals surface area contributed by atoms with E-state index in [1.165, 1.54) is 44.1 Å². The first kappa shape index (κ1) is 16.7. The van der Waals surface area contributed by atoms with E-state index in [1.54, 1.807) is 18.2 Å². The number of likely N-dealkylation sites (tertiary alicyclic amines) is 1. The van der Waals surface area contributed by atoms with Gasteiger partial charge in [-0.05, 0) is 62.0 Å². The number of halogens is 1. The van der Waals surface area contributed by atoms with Crippen LogP contribution in [0.2, 0.25) is 0 Å². The minimum Gasteiger partial charge on any atom is -0.353 e. The van der Waals surface area contributed by atoms with Gasteiger partial charge >= 0.3 is 0 Å². The number of benzene rings is 1. The fraction of sp³-hybridized carbons (Fsp3) is 0.500. The maximum Gasteiger partial charge on any atom is 0.243 e. The van der Waals surface area contributed by atoms with Crippen molar-refractivity contribution in [1.29, 1.82) is 0 Å². The van der Waals surface area contributed by atoms with E-state index in [9.17, 15) is 9.18 Å². The molecular formula is C18H25FN2O. The summed E-state index contributed by atoms with van der Waals surface area (Å²) in [6.45, 7) is 6.37. The minimum atomic E-state index is -0.293. The van der Waals surface area contributed by atoms with Crippen LogP contribution in [0.15, 0.2) is 30.3 Å². The van der Waals surface area contributed by atoms with Crippen molar-refractivity contribution in [1.82, 2.24) is 10.2 Å². The average molecular weight is 304 g/mol. The molecule has 1 N–H and O–H groups in total. The molecule has 1 aliphatic rings. The SMILES string of the molecule is C[C@H]1CCCN(CCCNC(=O)/C=C\c2cccc(F)c2)C1. The molecule has 1 atom stereocenters. The second-order valence-electron chi connectivity index (χ2n) is 6.08. The van der Waals surface area contributed by atoms with Crippen molar-refractivity contribution < 1.29 is 9.18 Å². The van der Waals surface area contributed by atoms with E-state index >= 15 is 0 Å². The van der Waals surface area contributed by atoms with Crippen LogP contribution >= 0.6 is 0 Å². The van der Waals surface area contributed by atoms with Crippen LogP contribution < -0.4 is 5.32 Å². The number of nitrogens with one attached hydrogen (secondary N) is 1. The minimum absolute atomic E-state index is 0.128. The first-order chi connectivity index (χ1) is 10.6. The number of rotatable bonds is 6. The molecule has 1 aliphatic heterocycles. The Morgan fingerprint density at radius 3 is 3.14 bits per heavy atom. The molecule has 0 spiro atoms. The third kappa shape index (κ3) is 5.98. The molecule has 1 amide bonds. The summed E-state index contributed by atoms with van der Waals surface area (Å²) in [4.78, 5) is 14.2. The Labute approximate surface area is 132 Å². The lowest BCUT2D eigenvalue weighted by molar-refractivity contribution is -0.116. The lowest BCUT2D eigenvalue weighted by atomic mass is 10.0. The number of carbonyl (C=O) groups is 1. The van der Waals surface area contributed by atoms with Crippen LogP contribution in [0.1, 0.15) is 31.7 Å². The Morgan fingerprint density at radius 1 is 1.50 bits per heavy atom. The van der Waals surface area contributed by atoms with Crippen molar-refractivity contribution in [3.8, 4) is 0 Å². The van der Waals surface area contributed by atoms with Crippen molar-refractivity contribution in [2.24, 2.45) is 5.92 Å². The molecule has 0 saturated carbocycles. The van der Waals surface area contributed by atoms with E-state index < -0.39 is 0 Å². The number of carbonyl (C=O) groups excluding carboxylic acids is 1. The standard InChI is InChI=1S/C18H25FN2O/c1-15-5-3-11-21(14-15)12-4-10-20-18(22)9-8-16-6-2-7-17(19)13-16/h2,6-9,13,15H,3-5,10-12,14H2,1H3,(H,20,22)/b9-8-/t15-/m0/s1. The summed E-state index contributed by atoms with van der Waals surface area (Å²) in [5.41, 5.74) is 0.692. The maximum atomic E-state index is 13.0. The van der Waals surface area contributed by atoms with Crippen LogP contribution in [0, 0.1) is 11.7 Å². The quantitative estimate of drug-likeness (QED) is 0.647. The monoisotopic (exact) mass is 304 g/mol. The van der Waals surface area contributed by atoms with Gasteiger partial charge < -0.3 is 10.2 Å². The Hall–Kier alpha value is -1.68. The zero-order chi connectivity index (χ0) is 15.8. The van der Waals surface area contributed by atoms with Gasteiger partial charge in [0.1, 0.15) is 5.82 Å².